The van der Waals surface area contributed by atoms with Crippen molar-refractivity contribution in [2.75, 3.05) is 26.2 Å². The van der Waals surface area contributed by atoms with E-state index in [1.807, 2.05) is 13.8 Å². The summed E-state index contributed by atoms with van der Waals surface area (Å²) in [6.45, 7) is 8.66. The molecule has 0 aliphatic carbocycles. The third-order valence-corrected chi connectivity index (χ3v) is 3.88. The number of carbonyl (C=O) groups is 2. The molecule has 0 aromatic heterocycles. The van der Waals surface area contributed by atoms with Gasteiger partial charge in [0.05, 0.1) is 12.6 Å². The molecule has 1 saturated heterocycles. The fraction of sp³-hybridized carbons (Fsp3) is 0.857. The summed E-state index contributed by atoms with van der Waals surface area (Å²) in [6, 6.07) is -0.134. The predicted octanol–water partition coefficient (Wildman–Crippen LogP) is -0.314. The third-order valence-electron chi connectivity index (χ3n) is 3.88. The molecule has 0 aromatic carbocycles. The van der Waals surface area contributed by atoms with Gasteiger partial charge < -0.3 is 16.4 Å². The Kier molecular flexibility index (Phi) is 6.95. The van der Waals surface area contributed by atoms with Crippen molar-refractivity contribution >= 4 is 11.8 Å². The summed E-state index contributed by atoms with van der Waals surface area (Å²) in [5, 5.41) is 5.45. The fourth-order valence-corrected chi connectivity index (χ4v) is 2.42. The summed E-state index contributed by atoms with van der Waals surface area (Å²) < 4.78 is 0. The van der Waals surface area contributed by atoms with Gasteiger partial charge >= 0.3 is 0 Å². The van der Waals surface area contributed by atoms with Crippen molar-refractivity contribution in [2.24, 2.45) is 11.7 Å². The zero-order valence-corrected chi connectivity index (χ0v) is 12.8. The van der Waals surface area contributed by atoms with Crippen LogP contribution in [0, 0.1) is 5.92 Å². The number of hydrogen-bond donors (Lipinski definition) is 3. The number of hydrogen-bond acceptors (Lipinski definition) is 4. The molecule has 1 unspecified atom stereocenters. The first kappa shape index (κ1) is 16.9. The summed E-state index contributed by atoms with van der Waals surface area (Å²) in [6.07, 6.45) is 2.31. The molecular formula is C14H28N4O2. The van der Waals surface area contributed by atoms with E-state index in [4.69, 9.17) is 5.73 Å². The van der Waals surface area contributed by atoms with Gasteiger partial charge in [-0.3, -0.25) is 14.5 Å². The van der Waals surface area contributed by atoms with E-state index < -0.39 is 6.04 Å². The molecule has 1 aliphatic rings. The van der Waals surface area contributed by atoms with Crippen molar-refractivity contribution in [1.82, 2.24) is 15.5 Å². The molecular weight excluding hydrogens is 256 g/mol. The molecule has 20 heavy (non-hydrogen) atoms. The highest BCUT2D eigenvalue weighted by atomic mass is 16.2. The maximum atomic E-state index is 11.7. The van der Waals surface area contributed by atoms with E-state index in [0.29, 0.717) is 12.6 Å². The van der Waals surface area contributed by atoms with Gasteiger partial charge in [-0.2, -0.15) is 0 Å². The van der Waals surface area contributed by atoms with Crippen molar-refractivity contribution in [2.45, 2.75) is 45.7 Å². The number of rotatable bonds is 7. The number of nitrogens with one attached hydrogen (secondary N) is 2. The van der Waals surface area contributed by atoms with E-state index in [-0.39, 0.29) is 24.3 Å². The average Bonchev–Trinajstić information content (AvgIpc) is 2.88. The van der Waals surface area contributed by atoms with Crippen LogP contribution in [0.4, 0.5) is 0 Å². The van der Waals surface area contributed by atoms with Crippen LogP contribution in [-0.2, 0) is 9.59 Å². The number of carbonyl (C=O) groups excluding carboxylic acids is 2. The molecule has 1 fully saturated rings. The summed E-state index contributed by atoms with van der Waals surface area (Å²) in [4.78, 5) is 25.7. The lowest BCUT2D eigenvalue weighted by Crippen LogP contribution is -2.48. The smallest absolute Gasteiger partial charge is 0.239 e. The first-order valence-electron chi connectivity index (χ1n) is 7.49. The zero-order chi connectivity index (χ0) is 15.1. The molecule has 116 valence electrons. The van der Waals surface area contributed by atoms with Crippen LogP contribution in [0.3, 0.4) is 0 Å². The van der Waals surface area contributed by atoms with Gasteiger partial charge in [0, 0.05) is 12.6 Å². The minimum absolute atomic E-state index is 0.00189. The summed E-state index contributed by atoms with van der Waals surface area (Å²) >= 11 is 0. The second-order valence-corrected chi connectivity index (χ2v) is 5.72. The van der Waals surface area contributed by atoms with Crippen molar-refractivity contribution in [3.8, 4) is 0 Å². The van der Waals surface area contributed by atoms with Crippen LogP contribution in [0.1, 0.15) is 33.6 Å². The quantitative estimate of drug-likeness (QED) is 0.598. The Balaban J connectivity index is 2.22. The molecule has 6 heteroatoms. The molecule has 0 radical (unpaired) electrons. The first-order chi connectivity index (χ1) is 9.45. The largest absolute Gasteiger partial charge is 0.353 e. The minimum atomic E-state index is -0.562. The first-order valence-corrected chi connectivity index (χ1v) is 7.49. The van der Waals surface area contributed by atoms with Crippen LogP contribution in [0.5, 0.6) is 0 Å². The highest BCUT2D eigenvalue weighted by molar-refractivity contribution is 5.87. The lowest BCUT2D eigenvalue weighted by molar-refractivity contribution is -0.127. The maximum Gasteiger partial charge on any atom is 0.239 e. The Morgan fingerprint density at radius 1 is 1.35 bits per heavy atom. The molecule has 0 saturated carbocycles. The van der Waals surface area contributed by atoms with E-state index in [2.05, 4.69) is 22.5 Å². The molecule has 1 rings (SSSR count). The third kappa shape index (κ3) is 5.09. The Morgan fingerprint density at radius 2 is 2.05 bits per heavy atom. The lowest BCUT2D eigenvalue weighted by atomic mass is 10.1. The van der Waals surface area contributed by atoms with Gasteiger partial charge in [0.25, 0.3) is 0 Å². The number of amides is 2. The van der Waals surface area contributed by atoms with Gasteiger partial charge in [0.2, 0.25) is 11.8 Å². The van der Waals surface area contributed by atoms with Crippen LogP contribution in [0.25, 0.3) is 0 Å². The minimum Gasteiger partial charge on any atom is -0.353 e. The van der Waals surface area contributed by atoms with Crippen LogP contribution < -0.4 is 16.4 Å². The Labute approximate surface area is 121 Å². The Morgan fingerprint density at radius 3 is 2.65 bits per heavy atom. The van der Waals surface area contributed by atoms with Gasteiger partial charge in [-0.25, -0.2) is 0 Å². The van der Waals surface area contributed by atoms with Crippen LogP contribution in [-0.4, -0.2) is 55.0 Å². The fourth-order valence-electron chi connectivity index (χ4n) is 2.42. The number of likely N-dealkylation sites (tertiary alicyclic amines) is 1. The predicted molar refractivity (Wildman–Crippen MR) is 79.1 cm³/mol. The van der Waals surface area contributed by atoms with Crippen molar-refractivity contribution in [3.63, 3.8) is 0 Å². The number of likely N-dealkylation sites (N-methyl/N-ethyl adjacent to an activating group) is 1. The van der Waals surface area contributed by atoms with Gasteiger partial charge in [-0.1, -0.05) is 20.8 Å². The zero-order valence-electron chi connectivity index (χ0n) is 12.8. The van der Waals surface area contributed by atoms with E-state index in [9.17, 15) is 9.59 Å². The van der Waals surface area contributed by atoms with Crippen molar-refractivity contribution < 1.29 is 9.59 Å². The van der Waals surface area contributed by atoms with E-state index in [0.717, 1.165) is 19.5 Å². The standard InChI is InChI=1S/C14H28N4O2/c1-4-18-7-5-6-11(18)8-16-12(19)9-17-14(20)13(15)10(2)3/h10-11,13H,4-9,15H2,1-3H3,(H,16,19)(H,17,20)/t11?,13-/m0/s1. The molecule has 0 spiro atoms. The number of nitrogens with two attached hydrogens (primary N) is 1. The summed E-state index contributed by atoms with van der Waals surface area (Å²) in [5.41, 5.74) is 5.71. The number of nitrogens with zero attached hydrogens (tertiary/aromatic N) is 1. The van der Waals surface area contributed by atoms with E-state index in [1.54, 1.807) is 0 Å². The summed E-state index contributed by atoms with van der Waals surface area (Å²) in [7, 11) is 0. The highest BCUT2D eigenvalue weighted by Crippen LogP contribution is 2.15. The molecule has 2 atom stereocenters. The van der Waals surface area contributed by atoms with E-state index in [1.165, 1.54) is 6.42 Å². The van der Waals surface area contributed by atoms with Gasteiger partial charge in [-0.15, -0.1) is 0 Å². The normalized spacial score (nSPS) is 20.9. The molecule has 0 bridgehead atoms. The van der Waals surface area contributed by atoms with Gasteiger partial charge in [0.1, 0.15) is 0 Å². The second kappa shape index (κ2) is 8.21. The Bertz CT molecular complexity index is 333. The maximum absolute atomic E-state index is 11.7. The van der Waals surface area contributed by atoms with Crippen LogP contribution in [0.2, 0.25) is 0 Å². The molecule has 2 amide bonds. The molecule has 6 nitrogen and oxygen atoms in total. The highest BCUT2D eigenvalue weighted by Gasteiger charge is 2.23. The average molecular weight is 284 g/mol. The van der Waals surface area contributed by atoms with Gasteiger partial charge in [-0.05, 0) is 31.8 Å². The molecule has 1 aliphatic heterocycles. The molecule has 1 heterocycles. The van der Waals surface area contributed by atoms with Crippen LogP contribution >= 0.6 is 0 Å². The molecule has 0 aromatic rings. The van der Waals surface area contributed by atoms with Gasteiger partial charge in [0.15, 0.2) is 0 Å². The van der Waals surface area contributed by atoms with Crippen molar-refractivity contribution in [1.29, 1.82) is 0 Å². The monoisotopic (exact) mass is 284 g/mol. The topological polar surface area (TPSA) is 87.5 Å². The molecule has 4 N–H and O–H groups in total. The summed E-state index contributed by atoms with van der Waals surface area (Å²) in [5.74, 6) is -0.363. The SMILES string of the molecule is CCN1CCCC1CNC(=O)CNC(=O)[C@@H](N)C(C)C. The second-order valence-electron chi connectivity index (χ2n) is 5.72. The van der Waals surface area contributed by atoms with E-state index >= 15 is 0 Å². The Hall–Kier alpha value is -1.14. The van der Waals surface area contributed by atoms with Crippen molar-refractivity contribution in [3.05, 3.63) is 0 Å². The lowest BCUT2D eigenvalue weighted by Gasteiger charge is -2.23. The van der Waals surface area contributed by atoms with Crippen LogP contribution in [0.15, 0.2) is 0 Å².